The Bertz CT molecular complexity index is 166. The lowest BCUT2D eigenvalue weighted by molar-refractivity contribution is 0.302. The molecule has 0 aliphatic heterocycles. The fourth-order valence-electron chi connectivity index (χ4n) is 0.866. The molecule has 0 unspecified atom stereocenters. The fourth-order valence-corrected chi connectivity index (χ4v) is 0.866. The van der Waals surface area contributed by atoms with Crippen LogP contribution in [-0.2, 0) is 0 Å². The SMILES string of the molecule is CCCC=C/C=C/C/C=C\CCO. The average molecular weight is 180 g/mol. The van der Waals surface area contributed by atoms with Crippen LogP contribution in [0.1, 0.15) is 32.6 Å². The van der Waals surface area contributed by atoms with E-state index in [0.29, 0.717) is 0 Å². The smallest absolute Gasteiger partial charge is 0.0465 e. The molecule has 0 amide bonds. The van der Waals surface area contributed by atoms with E-state index in [1.165, 1.54) is 6.42 Å². The van der Waals surface area contributed by atoms with E-state index < -0.39 is 0 Å². The third-order valence-electron chi connectivity index (χ3n) is 1.57. The summed E-state index contributed by atoms with van der Waals surface area (Å²) in [5.41, 5.74) is 0. The minimum atomic E-state index is 0.247. The van der Waals surface area contributed by atoms with Gasteiger partial charge in [0.15, 0.2) is 0 Å². The van der Waals surface area contributed by atoms with Gasteiger partial charge in [-0.3, -0.25) is 0 Å². The van der Waals surface area contributed by atoms with Gasteiger partial charge in [-0.25, -0.2) is 0 Å². The summed E-state index contributed by atoms with van der Waals surface area (Å²) in [7, 11) is 0. The van der Waals surface area contributed by atoms with Crippen molar-refractivity contribution in [2.24, 2.45) is 0 Å². The quantitative estimate of drug-likeness (QED) is 0.471. The molecule has 1 N–H and O–H groups in total. The summed E-state index contributed by atoms with van der Waals surface area (Å²) in [5, 5.41) is 8.49. The molecule has 0 heterocycles. The van der Waals surface area contributed by atoms with E-state index in [-0.39, 0.29) is 6.61 Å². The lowest BCUT2D eigenvalue weighted by Crippen LogP contribution is -1.74. The zero-order valence-electron chi connectivity index (χ0n) is 8.45. The average Bonchev–Trinajstić information content (AvgIpc) is 2.16. The first kappa shape index (κ1) is 12.2. The molecular weight excluding hydrogens is 160 g/mol. The number of aliphatic hydroxyl groups excluding tert-OH is 1. The van der Waals surface area contributed by atoms with Crippen LogP contribution < -0.4 is 0 Å². The van der Waals surface area contributed by atoms with Crippen molar-refractivity contribution in [3.63, 3.8) is 0 Å². The van der Waals surface area contributed by atoms with Gasteiger partial charge < -0.3 is 5.11 Å². The number of unbranched alkanes of at least 4 members (excludes halogenated alkanes) is 1. The van der Waals surface area contributed by atoms with Crippen molar-refractivity contribution in [1.29, 1.82) is 0 Å². The number of allylic oxidation sites excluding steroid dienone is 5. The number of aliphatic hydroxyl groups is 1. The highest BCUT2D eigenvalue weighted by molar-refractivity contribution is 5.04. The van der Waals surface area contributed by atoms with Crippen molar-refractivity contribution in [3.05, 3.63) is 36.5 Å². The van der Waals surface area contributed by atoms with Gasteiger partial charge in [0.25, 0.3) is 0 Å². The van der Waals surface area contributed by atoms with Gasteiger partial charge in [0, 0.05) is 6.61 Å². The van der Waals surface area contributed by atoms with Crippen molar-refractivity contribution in [1.82, 2.24) is 0 Å². The Morgan fingerprint density at radius 3 is 2.38 bits per heavy atom. The Hall–Kier alpha value is -0.820. The minimum absolute atomic E-state index is 0.247. The van der Waals surface area contributed by atoms with Crippen molar-refractivity contribution < 1.29 is 5.11 Å². The number of rotatable bonds is 7. The molecule has 0 aromatic rings. The molecule has 13 heavy (non-hydrogen) atoms. The van der Waals surface area contributed by atoms with E-state index in [4.69, 9.17) is 5.11 Å². The predicted molar refractivity (Wildman–Crippen MR) is 58.6 cm³/mol. The largest absolute Gasteiger partial charge is 0.396 e. The molecule has 0 saturated carbocycles. The van der Waals surface area contributed by atoms with Crippen LogP contribution in [0.25, 0.3) is 0 Å². The normalized spacial score (nSPS) is 12.5. The second kappa shape index (κ2) is 11.2. The van der Waals surface area contributed by atoms with E-state index in [1.54, 1.807) is 0 Å². The highest BCUT2D eigenvalue weighted by Crippen LogP contribution is 1.91. The molecule has 1 heteroatoms. The van der Waals surface area contributed by atoms with Crippen LogP contribution in [0.3, 0.4) is 0 Å². The summed E-state index contributed by atoms with van der Waals surface area (Å²) in [6.45, 7) is 2.42. The molecule has 0 aliphatic rings. The summed E-state index contributed by atoms with van der Waals surface area (Å²) >= 11 is 0. The first-order valence-electron chi connectivity index (χ1n) is 4.99. The van der Waals surface area contributed by atoms with Crippen molar-refractivity contribution in [2.75, 3.05) is 6.61 Å². The second-order valence-corrected chi connectivity index (χ2v) is 2.86. The Labute approximate surface area is 81.5 Å². The van der Waals surface area contributed by atoms with Crippen molar-refractivity contribution >= 4 is 0 Å². The summed E-state index contributed by atoms with van der Waals surface area (Å²) < 4.78 is 0. The summed E-state index contributed by atoms with van der Waals surface area (Å²) in [6.07, 6.45) is 16.6. The van der Waals surface area contributed by atoms with Gasteiger partial charge in [0.2, 0.25) is 0 Å². The molecular formula is C12H20O. The van der Waals surface area contributed by atoms with Gasteiger partial charge in [0.1, 0.15) is 0 Å². The van der Waals surface area contributed by atoms with E-state index >= 15 is 0 Å². The maximum atomic E-state index is 8.49. The molecule has 0 aromatic carbocycles. The predicted octanol–water partition coefficient (Wildman–Crippen LogP) is 3.23. The molecule has 0 aromatic heterocycles. The Balaban J connectivity index is 3.30. The summed E-state index contributed by atoms with van der Waals surface area (Å²) in [4.78, 5) is 0. The van der Waals surface area contributed by atoms with Gasteiger partial charge in [0.05, 0.1) is 0 Å². The number of hydrogen-bond donors (Lipinski definition) is 1. The van der Waals surface area contributed by atoms with Crippen LogP contribution in [-0.4, -0.2) is 11.7 Å². The van der Waals surface area contributed by atoms with E-state index in [2.05, 4.69) is 37.3 Å². The van der Waals surface area contributed by atoms with Gasteiger partial charge >= 0.3 is 0 Å². The topological polar surface area (TPSA) is 20.2 Å². The van der Waals surface area contributed by atoms with Crippen LogP contribution in [0.2, 0.25) is 0 Å². The van der Waals surface area contributed by atoms with Crippen LogP contribution in [0.4, 0.5) is 0 Å². The molecule has 0 rings (SSSR count). The van der Waals surface area contributed by atoms with E-state index in [0.717, 1.165) is 19.3 Å². The van der Waals surface area contributed by atoms with Crippen molar-refractivity contribution in [2.45, 2.75) is 32.6 Å². The standard InChI is InChI=1S/C12H20O/c1-2-3-4-5-6-7-8-9-10-11-12-13/h4-7,9-10,13H,2-3,8,11-12H2,1H3/b5-4?,7-6+,10-9-. The van der Waals surface area contributed by atoms with E-state index in [1.807, 2.05) is 6.08 Å². The molecule has 0 saturated heterocycles. The minimum Gasteiger partial charge on any atom is -0.396 e. The zero-order valence-corrected chi connectivity index (χ0v) is 8.45. The monoisotopic (exact) mass is 180 g/mol. The lowest BCUT2D eigenvalue weighted by Gasteiger charge is -1.83. The fraction of sp³-hybridized carbons (Fsp3) is 0.500. The molecule has 1 nitrogen and oxygen atoms in total. The van der Waals surface area contributed by atoms with Crippen LogP contribution in [0, 0.1) is 0 Å². The molecule has 0 fully saturated rings. The third-order valence-corrected chi connectivity index (χ3v) is 1.57. The Morgan fingerprint density at radius 1 is 0.923 bits per heavy atom. The van der Waals surface area contributed by atoms with Crippen LogP contribution >= 0.6 is 0 Å². The Kier molecular flexibility index (Phi) is 10.5. The molecule has 74 valence electrons. The van der Waals surface area contributed by atoms with E-state index in [9.17, 15) is 0 Å². The molecule has 0 atom stereocenters. The van der Waals surface area contributed by atoms with Crippen molar-refractivity contribution in [3.8, 4) is 0 Å². The summed E-state index contributed by atoms with van der Waals surface area (Å²) in [6, 6.07) is 0. The molecule has 0 aliphatic carbocycles. The molecule has 0 radical (unpaired) electrons. The van der Waals surface area contributed by atoms with Gasteiger partial charge in [-0.05, 0) is 19.3 Å². The van der Waals surface area contributed by atoms with Gasteiger partial charge in [-0.15, -0.1) is 0 Å². The third kappa shape index (κ3) is 11.2. The maximum Gasteiger partial charge on any atom is 0.0465 e. The van der Waals surface area contributed by atoms with Crippen LogP contribution in [0.5, 0.6) is 0 Å². The highest BCUT2D eigenvalue weighted by Gasteiger charge is 1.73. The Morgan fingerprint density at radius 2 is 1.69 bits per heavy atom. The van der Waals surface area contributed by atoms with Crippen LogP contribution in [0.15, 0.2) is 36.5 Å². The first-order valence-corrected chi connectivity index (χ1v) is 4.99. The first-order chi connectivity index (χ1) is 6.41. The molecule has 0 spiro atoms. The maximum absolute atomic E-state index is 8.49. The second-order valence-electron chi connectivity index (χ2n) is 2.86. The zero-order chi connectivity index (χ0) is 9.78. The summed E-state index contributed by atoms with van der Waals surface area (Å²) in [5.74, 6) is 0. The van der Waals surface area contributed by atoms with Gasteiger partial charge in [-0.2, -0.15) is 0 Å². The van der Waals surface area contributed by atoms with Gasteiger partial charge in [-0.1, -0.05) is 49.8 Å². The number of hydrogen-bond acceptors (Lipinski definition) is 1. The lowest BCUT2D eigenvalue weighted by atomic mass is 10.3. The highest BCUT2D eigenvalue weighted by atomic mass is 16.2. The molecule has 0 bridgehead atoms.